The van der Waals surface area contributed by atoms with Gasteiger partial charge in [0.15, 0.2) is 5.78 Å². The van der Waals surface area contributed by atoms with Crippen LogP contribution in [0.1, 0.15) is 44.2 Å². The van der Waals surface area contributed by atoms with E-state index in [1.807, 2.05) is 39.0 Å². The van der Waals surface area contributed by atoms with Crippen molar-refractivity contribution in [3.05, 3.63) is 59.4 Å². The normalized spacial score (nSPS) is 20.9. The average molecular weight is 327 g/mol. The van der Waals surface area contributed by atoms with Crippen LogP contribution in [0.15, 0.2) is 53.4 Å². The average Bonchev–Trinajstić information content (AvgIpc) is 2.46. The van der Waals surface area contributed by atoms with Crippen LogP contribution in [0, 0.1) is 12.3 Å². The molecule has 1 N–H and O–H groups in total. The fraction of sp³-hybridized carbons (Fsp3) is 0.400. The number of ketones is 1. The summed E-state index contributed by atoms with van der Waals surface area (Å²) in [5.74, 6) is -0.287. The molecule has 1 aromatic rings. The Morgan fingerprint density at radius 1 is 1.50 bits per heavy atom. The number of benzene rings is 1. The maximum absolute atomic E-state index is 12.6. The minimum Gasteiger partial charge on any atom is -0.511 e. The van der Waals surface area contributed by atoms with Crippen molar-refractivity contribution in [3.8, 4) is 0 Å². The molecule has 1 aliphatic rings. The van der Waals surface area contributed by atoms with Gasteiger partial charge in [-0.05, 0) is 24.8 Å². The number of rotatable bonds is 5. The number of carbonyl (C=O) groups is 1. The lowest BCUT2D eigenvalue weighted by Gasteiger charge is -2.38. The molecule has 1 aliphatic carbocycles. The van der Waals surface area contributed by atoms with E-state index >= 15 is 0 Å². The van der Waals surface area contributed by atoms with Gasteiger partial charge in [0.25, 0.3) is 0 Å². The molecule has 2 rings (SSSR count). The van der Waals surface area contributed by atoms with Gasteiger partial charge in [-0.2, -0.15) is 0 Å². The number of allylic oxidation sites excluding steroid dienone is 2. The summed E-state index contributed by atoms with van der Waals surface area (Å²) >= 11 is 0. The molecule has 0 radical (unpaired) electrons. The molecular formula is C20H25NO3. The topological polar surface area (TPSA) is 58.9 Å². The van der Waals surface area contributed by atoms with Crippen molar-refractivity contribution in [2.24, 2.45) is 10.6 Å². The zero-order valence-corrected chi connectivity index (χ0v) is 14.8. The van der Waals surface area contributed by atoms with Crippen molar-refractivity contribution < 1.29 is 14.7 Å². The van der Waals surface area contributed by atoms with Gasteiger partial charge in [-0.15, -0.1) is 0 Å². The molecule has 1 aromatic carbocycles. The lowest BCUT2D eigenvalue weighted by Crippen LogP contribution is -2.35. The number of oxime groups is 1. The Bertz CT molecular complexity index is 713. The zero-order chi connectivity index (χ0) is 17.9. The molecular weight excluding hydrogens is 302 g/mol. The highest BCUT2D eigenvalue weighted by Gasteiger charge is 2.43. The molecule has 4 nitrogen and oxygen atoms in total. The van der Waals surface area contributed by atoms with Crippen molar-refractivity contribution in [2.45, 2.75) is 40.0 Å². The van der Waals surface area contributed by atoms with Crippen LogP contribution in [0.3, 0.4) is 0 Å². The van der Waals surface area contributed by atoms with E-state index in [0.29, 0.717) is 12.1 Å². The van der Waals surface area contributed by atoms with Gasteiger partial charge in [0.2, 0.25) is 0 Å². The molecule has 0 saturated heterocycles. The van der Waals surface area contributed by atoms with E-state index < -0.39 is 0 Å². The number of hydrogen-bond acceptors (Lipinski definition) is 4. The molecule has 0 bridgehead atoms. The van der Waals surface area contributed by atoms with Crippen molar-refractivity contribution >= 4 is 11.5 Å². The van der Waals surface area contributed by atoms with Crippen molar-refractivity contribution in [1.29, 1.82) is 0 Å². The number of aliphatic hydroxyl groups excluding tert-OH is 1. The van der Waals surface area contributed by atoms with E-state index in [1.165, 1.54) is 0 Å². The van der Waals surface area contributed by atoms with Gasteiger partial charge in [0, 0.05) is 12.3 Å². The Labute approximate surface area is 143 Å². The van der Waals surface area contributed by atoms with Crippen LogP contribution in [-0.2, 0) is 9.63 Å². The standard InChI is InChI=1S/C20H25NO3/c1-6-10-24-21-14(3)17-16(22)12-20(4,5)18(19(17)23)15-9-7-8-13(2)11-15/h6-9,11,18,23H,1,10,12H2,2-5H3/b21-14+/t18-/m1/s1. The van der Waals surface area contributed by atoms with Gasteiger partial charge in [-0.25, -0.2) is 0 Å². The molecule has 4 heteroatoms. The summed E-state index contributed by atoms with van der Waals surface area (Å²) in [7, 11) is 0. The first-order valence-corrected chi connectivity index (χ1v) is 8.08. The summed E-state index contributed by atoms with van der Waals surface area (Å²) in [6, 6.07) is 8.03. The SMILES string of the molecule is C=CCO/N=C(\C)C1=C(O)[C@@H](c2cccc(C)c2)C(C)(C)CC1=O. The Kier molecular flexibility index (Phi) is 5.27. The maximum Gasteiger partial charge on any atom is 0.168 e. The predicted octanol–water partition coefficient (Wildman–Crippen LogP) is 4.47. The first kappa shape index (κ1) is 18.0. The third-order valence-electron chi connectivity index (χ3n) is 4.34. The van der Waals surface area contributed by atoms with Crippen LogP contribution in [0.4, 0.5) is 0 Å². The highest BCUT2D eigenvalue weighted by Crippen LogP contribution is 2.47. The van der Waals surface area contributed by atoms with Crippen LogP contribution in [0.2, 0.25) is 0 Å². The molecule has 0 heterocycles. The van der Waals surface area contributed by atoms with Gasteiger partial charge in [-0.3, -0.25) is 4.79 Å². The summed E-state index contributed by atoms with van der Waals surface area (Å²) in [4.78, 5) is 17.6. The summed E-state index contributed by atoms with van der Waals surface area (Å²) in [5.41, 5.74) is 2.41. The number of nitrogens with zero attached hydrogens (tertiary/aromatic N) is 1. The third-order valence-corrected chi connectivity index (χ3v) is 4.34. The number of carbonyl (C=O) groups excluding carboxylic acids is 1. The second-order valence-electron chi connectivity index (χ2n) is 6.96. The van der Waals surface area contributed by atoms with Gasteiger partial charge < -0.3 is 9.94 Å². The molecule has 0 aromatic heterocycles. The molecule has 0 fully saturated rings. The van der Waals surface area contributed by atoms with E-state index in [0.717, 1.165) is 11.1 Å². The van der Waals surface area contributed by atoms with Crippen molar-refractivity contribution in [2.75, 3.05) is 6.61 Å². The monoisotopic (exact) mass is 327 g/mol. The smallest absolute Gasteiger partial charge is 0.168 e. The summed E-state index contributed by atoms with van der Waals surface area (Å²) < 4.78 is 0. The van der Waals surface area contributed by atoms with Gasteiger partial charge >= 0.3 is 0 Å². The highest BCUT2D eigenvalue weighted by atomic mass is 16.6. The fourth-order valence-electron chi connectivity index (χ4n) is 3.34. The van der Waals surface area contributed by atoms with Gasteiger partial charge in [-0.1, -0.05) is 61.5 Å². The second-order valence-corrected chi connectivity index (χ2v) is 6.96. The predicted molar refractivity (Wildman–Crippen MR) is 96.2 cm³/mol. The molecule has 0 unspecified atom stereocenters. The fourth-order valence-corrected chi connectivity index (χ4v) is 3.34. The molecule has 24 heavy (non-hydrogen) atoms. The number of aliphatic hydroxyl groups is 1. The second kappa shape index (κ2) is 7.04. The van der Waals surface area contributed by atoms with E-state index in [1.54, 1.807) is 13.0 Å². The lowest BCUT2D eigenvalue weighted by atomic mass is 9.65. The summed E-state index contributed by atoms with van der Waals surface area (Å²) in [6.45, 7) is 11.5. The van der Waals surface area contributed by atoms with Crippen molar-refractivity contribution in [3.63, 3.8) is 0 Å². The Hall–Kier alpha value is -2.36. The first-order valence-electron chi connectivity index (χ1n) is 8.08. The number of Topliss-reactive ketones (excluding diaryl/α,β-unsaturated/α-hetero) is 1. The van der Waals surface area contributed by atoms with E-state index in [9.17, 15) is 9.90 Å². The molecule has 1 atom stereocenters. The molecule has 128 valence electrons. The van der Waals surface area contributed by atoms with Gasteiger partial charge in [0.05, 0.1) is 11.3 Å². The number of hydrogen-bond donors (Lipinski definition) is 1. The van der Waals surface area contributed by atoms with Crippen LogP contribution in [-0.4, -0.2) is 23.2 Å². The van der Waals surface area contributed by atoms with Crippen molar-refractivity contribution in [1.82, 2.24) is 0 Å². The minimum atomic E-state index is -0.374. The lowest BCUT2D eigenvalue weighted by molar-refractivity contribution is -0.118. The molecule has 0 saturated carbocycles. The van der Waals surface area contributed by atoms with Crippen LogP contribution < -0.4 is 0 Å². The van der Waals surface area contributed by atoms with Crippen LogP contribution >= 0.6 is 0 Å². The van der Waals surface area contributed by atoms with E-state index in [4.69, 9.17) is 4.84 Å². The largest absolute Gasteiger partial charge is 0.511 e. The maximum atomic E-state index is 12.6. The summed E-state index contributed by atoms with van der Waals surface area (Å²) in [6.07, 6.45) is 1.92. The Morgan fingerprint density at radius 2 is 2.21 bits per heavy atom. The van der Waals surface area contributed by atoms with E-state index in [-0.39, 0.29) is 35.1 Å². The highest BCUT2D eigenvalue weighted by molar-refractivity contribution is 6.22. The third kappa shape index (κ3) is 3.58. The van der Waals surface area contributed by atoms with Crippen LogP contribution in [0.25, 0.3) is 0 Å². The Morgan fingerprint density at radius 3 is 2.83 bits per heavy atom. The van der Waals surface area contributed by atoms with E-state index in [2.05, 4.69) is 17.8 Å². The number of aryl methyl sites for hydroxylation is 1. The zero-order valence-electron chi connectivity index (χ0n) is 14.8. The Balaban J connectivity index is 2.53. The molecule has 0 amide bonds. The quantitative estimate of drug-likeness (QED) is 0.376. The van der Waals surface area contributed by atoms with Gasteiger partial charge in [0.1, 0.15) is 12.4 Å². The molecule has 0 spiro atoms. The minimum absolute atomic E-state index is 0.0744. The first-order chi connectivity index (χ1) is 11.3. The molecule has 0 aliphatic heterocycles. The summed E-state index contributed by atoms with van der Waals surface area (Å²) in [5, 5.41) is 14.8. The van der Waals surface area contributed by atoms with Crippen LogP contribution in [0.5, 0.6) is 0 Å².